The van der Waals surface area contributed by atoms with Gasteiger partial charge in [0.1, 0.15) is 0 Å². The summed E-state index contributed by atoms with van der Waals surface area (Å²) < 4.78 is 5.03. The molecular weight excluding hydrogens is 128 g/mol. The third-order valence-electron chi connectivity index (χ3n) is 2.35. The Morgan fingerprint density at radius 2 is 2.20 bits per heavy atom. The Morgan fingerprint density at radius 3 is 2.50 bits per heavy atom. The molecule has 1 aliphatic rings. The van der Waals surface area contributed by atoms with Crippen molar-refractivity contribution in [3.63, 3.8) is 0 Å². The first-order chi connectivity index (χ1) is 4.72. The summed E-state index contributed by atoms with van der Waals surface area (Å²) in [6, 6.07) is 0. The monoisotopic (exact) mass is 144 g/mol. The summed E-state index contributed by atoms with van der Waals surface area (Å²) in [6.07, 6.45) is 2.24. The normalized spacial score (nSPS) is 39.3. The lowest BCUT2D eigenvalue weighted by Crippen LogP contribution is -2.42. The van der Waals surface area contributed by atoms with Crippen LogP contribution in [-0.2, 0) is 4.74 Å². The van der Waals surface area contributed by atoms with Crippen LogP contribution in [0.2, 0.25) is 0 Å². The fourth-order valence-electron chi connectivity index (χ4n) is 2.02. The molecule has 1 fully saturated rings. The first-order valence-electron chi connectivity index (χ1n) is 3.82. The van der Waals surface area contributed by atoms with Crippen molar-refractivity contribution in [3.05, 3.63) is 0 Å². The minimum atomic E-state index is 0.119. The van der Waals surface area contributed by atoms with Crippen LogP contribution in [0, 0.1) is 11.3 Å². The van der Waals surface area contributed by atoms with Crippen LogP contribution in [0.3, 0.4) is 0 Å². The van der Waals surface area contributed by atoms with Crippen molar-refractivity contribution in [3.8, 4) is 0 Å². The molecule has 0 radical (unpaired) electrons. The molecule has 0 unspecified atom stereocenters. The molecule has 0 atom stereocenters. The Balaban J connectivity index is 2.32. The van der Waals surface area contributed by atoms with Crippen LogP contribution in [0.15, 0.2) is 0 Å². The van der Waals surface area contributed by atoms with E-state index in [-0.39, 0.29) is 12.0 Å². The lowest BCUT2D eigenvalue weighted by atomic mass is 9.63. The van der Waals surface area contributed by atoms with Gasteiger partial charge in [-0.25, -0.2) is 0 Å². The van der Waals surface area contributed by atoms with E-state index in [4.69, 9.17) is 9.84 Å². The first kappa shape index (κ1) is 8.02. The molecule has 0 heterocycles. The quantitative estimate of drug-likeness (QED) is 0.641. The lowest BCUT2D eigenvalue weighted by molar-refractivity contribution is -0.0562. The Kier molecular flexibility index (Phi) is 2.32. The maximum absolute atomic E-state index is 9.01. The van der Waals surface area contributed by atoms with E-state index in [0.717, 1.165) is 18.8 Å². The molecule has 1 saturated carbocycles. The van der Waals surface area contributed by atoms with Gasteiger partial charge in [-0.1, -0.05) is 6.92 Å². The number of hydrogen-bond acceptors (Lipinski definition) is 2. The number of methoxy groups -OCH3 is 1. The van der Waals surface area contributed by atoms with Gasteiger partial charge in [-0.2, -0.15) is 0 Å². The van der Waals surface area contributed by atoms with Gasteiger partial charge in [0.2, 0.25) is 0 Å². The third kappa shape index (κ3) is 1.32. The smallest absolute Gasteiger partial charge is 0.0540 e. The molecule has 1 N–H and O–H groups in total. The van der Waals surface area contributed by atoms with Crippen LogP contribution < -0.4 is 0 Å². The van der Waals surface area contributed by atoms with E-state index >= 15 is 0 Å². The van der Waals surface area contributed by atoms with E-state index in [1.165, 1.54) is 0 Å². The van der Waals surface area contributed by atoms with Crippen molar-refractivity contribution in [2.24, 2.45) is 11.3 Å². The Labute approximate surface area is 62.2 Å². The molecule has 0 aliphatic heterocycles. The van der Waals surface area contributed by atoms with Gasteiger partial charge in [-0.15, -0.1) is 0 Å². The van der Waals surface area contributed by atoms with Crippen LogP contribution in [-0.4, -0.2) is 25.4 Å². The van der Waals surface area contributed by atoms with Crippen LogP contribution >= 0.6 is 0 Å². The zero-order chi connectivity index (χ0) is 7.61. The predicted octanol–water partition coefficient (Wildman–Crippen LogP) is 1.04. The summed E-state index contributed by atoms with van der Waals surface area (Å²) in [5.74, 6) is 0.780. The van der Waals surface area contributed by atoms with Gasteiger partial charge in [-0.3, -0.25) is 0 Å². The Morgan fingerprint density at radius 1 is 1.60 bits per heavy atom. The number of aliphatic hydroxyl groups excluding tert-OH is 1. The predicted molar refractivity (Wildman–Crippen MR) is 39.8 cm³/mol. The minimum absolute atomic E-state index is 0.119. The molecule has 0 saturated heterocycles. The molecule has 10 heavy (non-hydrogen) atoms. The summed E-state index contributed by atoms with van der Waals surface area (Å²) >= 11 is 0. The lowest BCUT2D eigenvalue weighted by Gasteiger charge is -2.44. The van der Waals surface area contributed by atoms with Gasteiger partial charge in [0.15, 0.2) is 0 Å². The Hall–Kier alpha value is -0.0800. The fourth-order valence-corrected chi connectivity index (χ4v) is 2.02. The van der Waals surface area contributed by atoms with Crippen LogP contribution in [0.25, 0.3) is 0 Å². The summed E-state index contributed by atoms with van der Waals surface area (Å²) in [5.41, 5.74) is 0.119. The van der Waals surface area contributed by atoms with Gasteiger partial charge in [0, 0.05) is 12.5 Å². The largest absolute Gasteiger partial charge is 0.396 e. The van der Waals surface area contributed by atoms with Crippen molar-refractivity contribution < 1.29 is 9.84 Å². The second kappa shape index (κ2) is 2.89. The molecule has 2 heteroatoms. The van der Waals surface area contributed by atoms with E-state index in [1.807, 2.05) is 0 Å². The molecule has 0 amide bonds. The van der Waals surface area contributed by atoms with E-state index < -0.39 is 0 Å². The average molecular weight is 144 g/mol. The van der Waals surface area contributed by atoms with E-state index in [1.54, 1.807) is 7.11 Å². The van der Waals surface area contributed by atoms with Crippen molar-refractivity contribution in [2.75, 3.05) is 20.3 Å². The Bertz CT molecular complexity index is 100. The standard InChI is InChI=1S/C8H16O2/c1-7-3-8(4-7,5-9)6-10-2/h7,9H,3-6H2,1-2H3. The highest BCUT2D eigenvalue weighted by atomic mass is 16.5. The van der Waals surface area contributed by atoms with Crippen LogP contribution in [0.1, 0.15) is 19.8 Å². The van der Waals surface area contributed by atoms with Crippen LogP contribution in [0.4, 0.5) is 0 Å². The maximum atomic E-state index is 9.01. The number of ether oxygens (including phenoxy) is 1. The highest BCUT2D eigenvalue weighted by Crippen LogP contribution is 2.44. The van der Waals surface area contributed by atoms with Gasteiger partial charge < -0.3 is 9.84 Å². The fraction of sp³-hybridized carbons (Fsp3) is 1.00. The second-order valence-corrected chi connectivity index (χ2v) is 3.60. The molecule has 2 nitrogen and oxygen atoms in total. The van der Waals surface area contributed by atoms with Gasteiger partial charge in [0.05, 0.1) is 13.2 Å². The van der Waals surface area contributed by atoms with Crippen molar-refractivity contribution in [2.45, 2.75) is 19.8 Å². The van der Waals surface area contributed by atoms with Crippen molar-refractivity contribution in [1.29, 1.82) is 0 Å². The molecule has 0 aromatic heterocycles. The molecule has 1 rings (SSSR count). The molecule has 0 aromatic carbocycles. The number of rotatable bonds is 3. The SMILES string of the molecule is COCC1(CO)CC(C)C1. The van der Waals surface area contributed by atoms with Gasteiger partial charge in [0.25, 0.3) is 0 Å². The van der Waals surface area contributed by atoms with E-state index in [2.05, 4.69) is 6.92 Å². The maximum Gasteiger partial charge on any atom is 0.0540 e. The van der Waals surface area contributed by atoms with E-state index in [0.29, 0.717) is 6.61 Å². The first-order valence-corrected chi connectivity index (χ1v) is 3.82. The molecule has 0 aromatic rings. The summed E-state index contributed by atoms with van der Waals surface area (Å²) in [7, 11) is 1.69. The van der Waals surface area contributed by atoms with E-state index in [9.17, 15) is 0 Å². The summed E-state index contributed by atoms with van der Waals surface area (Å²) in [4.78, 5) is 0. The second-order valence-electron chi connectivity index (χ2n) is 3.60. The van der Waals surface area contributed by atoms with Crippen LogP contribution in [0.5, 0.6) is 0 Å². The van der Waals surface area contributed by atoms with Gasteiger partial charge in [-0.05, 0) is 18.8 Å². The molecule has 60 valence electrons. The highest BCUT2D eigenvalue weighted by molar-refractivity contribution is 4.91. The topological polar surface area (TPSA) is 29.5 Å². The van der Waals surface area contributed by atoms with Crippen molar-refractivity contribution in [1.82, 2.24) is 0 Å². The molecule has 0 spiro atoms. The average Bonchev–Trinajstić information content (AvgIpc) is 1.84. The zero-order valence-electron chi connectivity index (χ0n) is 6.76. The number of aliphatic hydroxyl groups is 1. The zero-order valence-corrected chi connectivity index (χ0v) is 6.76. The highest BCUT2D eigenvalue weighted by Gasteiger charge is 2.41. The molecule has 1 aliphatic carbocycles. The number of hydrogen-bond donors (Lipinski definition) is 1. The molecular formula is C8H16O2. The third-order valence-corrected chi connectivity index (χ3v) is 2.35. The van der Waals surface area contributed by atoms with Gasteiger partial charge >= 0.3 is 0 Å². The summed E-state index contributed by atoms with van der Waals surface area (Å²) in [5, 5.41) is 9.01. The van der Waals surface area contributed by atoms with Crippen molar-refractivity contribution >= 4 is 0 Å². The molecule has 0 bridgehead atoms. The minimum Gasteiger partial charge on any atom is -0.396 e. The summed E-state index contributed by atoms with van der Waals surface area (Å²) in [6.45, 7) is 3.21.